The third-order valence-electron chi connectivity index (χ3n) is 1.94. The van der Waals surface area contributed by atoms with Crippen LogP contribution in [0.3, 0.4) is 0 Å². The molecule has 0 aliphatic carbocycles. The van der Waals surface area contributed by atoms with Gasteiger partial charge >= 0.3 is 0 Å². The van der Waals surface area contributed by atoms with Crippen molar-refractivity contribution in [2.75, 3.05) is 5.75 Å². The summed E-state index contributed by atoms with van der Waals surface area (Å²) in [5, 5.41) is 8.35. The van der Waals surface area contributed by atoms with E-state index in [1.165, 1.54) is 0 Å². The highest BCUT2D eigenvalue weighted by molar-refractivity contribution is 9.10. The lowest BCUT2D eigenvalue weighted by molar-refractivity contribution is 0.678. The first-order valence-electron chi connectivity index (χ1n) is 4.75. The SMILES string of the molecule is N#CCCCCS(=O)c1ccc(Br)cc1. The molecule has 0 aliphatic rings. The van der Waals surface area contributed by atoms with Gasteiger partial charge in [-0.2, -0.15) is 5.26 Å². The van der Waals surface area contributed by atoms with Crippen LogP contribution in [0.1, 0.15) is 19.3 Å². The minimum Gasteiger partial charge on any atom is -0.254 e. The molecule has 15 heavy (non-hydrogen) atoms. The second-order valence-electron chi connectivity index (χ2n) is 3.12. The van der Waals surface area contributed by atoms with Crippen LogP contribution in [0.5, 0.6) is 0 Å². The molecule has 0 saturated carbocycles. The molecule has 0 fully saturated rings. The third-order valence-corrected chi connectivity index (χ3v) is 3.93. The normalized spacial score (nSPS) is 12.0. The summed E-state index contributed by atoms with van der Waals surface area (Å²) in [5.41, 5.74) is 0. The molecule has 1 rings (SSSR count). The van der Waals surface area contributed by atoms with Gasteiger partial charge in [0.25, 0.3) is 0 Å². The monoisotopic (exact) mass is 285 g/mol. The molecule has 2 nitrogen and oxygen atoms in total. The summed E-state index contributed by atoms with van der Waals surface area (Å²) in [7, 11) is -0.925. The number of rotatable bonds is 5. The van der Waals surface area contributed by atoms with Crippen LogP contribution in [0.4, 0.5) is 0 Å². The summed E-state index contributed by atoms with van der Waals surface area (Å²) in [6.45, 7) is 0. The summed E-state index contributed by atoms with van der Waals surface area (Å²) < 4.78 is 12.7. The van der Waals surface area contributed by atoms with E-state index in [1.54, 1.807) is 0 Å². The molecule has 80 valence electrons. The maximum atomic E-state index is 11.7. The molecule has 0 radical (unpaired) electrons. The Hall–Kier alpha value is -0.660. The van der Waals surface area contributed by atoms with Gasteiger partial charge < -0.3 is 0 Å². The molecule has 0 aliphatic heterocycles. The van der Waals surface area contributed by atoms with Crippen LogP contribution in [0, 0.1) is 11.3 Å². The number of nitriles is 1. The number of nitrogens with zero attached hydrogens (tertiary/aromatic N) is 1. The number of unbranched alkanes of at least 4 members (excludes halogenated alkanes) is 2. The first-order valence-corrected chi connectivity index (χ1v) is 6.86. The fourth-order valence-electron chi connectivity index (χ4n) is 1.14. The zero-order valence-electron chi connectivity index (χ0n) is 8.28. The van der Waals surface area contributed by atoms with E-state index in [2.05, 4.69) is 22.0 Å². The van der Waals surface area contributed by atoms with Gasteiger partial charge in [0.05, 0.1) is 16.9 Å². The fraction of sp³-hybridized carbons (Fsp3) is 0.364. The lowest BCUT2D eigenvalue weighted by Crippen LogP contribution is -1.97. The molecule has 1 aromatic rings. The molecule has 1 unspecified atom stereocenters. The van der Waals surface area contributed by atoms with E-state index >= 15 is 0 Å². The summed E-state index contributed by atoms with van der Waals surface area (Å²) >= 11 is 3.33. The van der Waals surface area contributed by atoms with Crippen LogP contribution in [0.15, 0.2) is 33.6 Å². The average molecular weight is 286 g/mol. The van der Waals surface area contributed by atoms with Crippen LogP contribution < -0.4 is 0 Å². The number of hydrogen-bond donors (Lipinski definition) is 0. The van der Waals surface area contributed by atoms with Gasteiger partial charge in [-0.1, -0.05) is 15.9 Å². The maximum Gasteiger partial charge on any atom is 0.0621 e. The Morgan fingerprint density at radius 2 is 1.93 bits per heavy atom. The van der Waals surface area contributed by atoms with Crippen molar-refractivity contribution in [3.63, 3.8) is 0 Å². The van der Waals surface area contributed by atoms with Gasteiger partial charge in [-0.15, -0.1) is 0 Å². The predicted octanol–water partition coefficient (Wildman–Crippen LogP) is 3.25. The highest BCUT2D eigenvalue weighted by Crippen LogP contribution is 2.14. The fourth-order valence-corrected chi connectivity index (χ4v) is 2.55. The van der Waals surface area contributed by atoms with Crippen molar-refractivity contribution in [3.8, 4) is 6.07 Å². The Bertz CT molecular complexity index is 369. The van der Waals surface area contributed by atoms with E-state index in [4.69, 9.17) is 5.26 Å². The van der Waals surface area contributed by atoms with E-state index in [0.29, 0.717) is 12.2 Å². The van der Waals surface area contributed by atoms with Crippen molar-refractivity contribution in [1.29, 1.82) is 5.26 Å². The Morgan fingerprint density at radius 1 is 1.27 bits per heavy atom. The Balaban J connectivity index is 2.41. The Morgan fingerprint density at radius 3 is 2.53 bits per heavy atom. The van der Waals surface area contributed by atoms with E-state index in [9.17, 15) is 4.21 Å². The van der Waals surface area contributed by atoms with Gasteiger partial charge in [0, 0.05) is 21.5 Å². The number of benzene rings is 1. The second-order valence-corrected chi connectivity index (χ2v) is 5.61. The average Bonchev–Trinajstić information content (AvgIpc) is 2.25. The van der Waals surface area contributed by atoms with Crippen molar-refractivity contribution < 1.29 is 4.21 Å². The molecule has 4 heteroatoms. The van der Waals surface area contributed by atoms with Crippen molar-refractivity contribution in [2.24, 2.45) is 0 Å². The van der Waals surface area contributed by atoms with Crippen LogP contribution in [-0.2, 0) is 10.8 Å². The molecule has 0 heterocycles. The molecular weight excluding hydrogens is 274 g/mol. The molecule has 0 spiro atoms. The van der Waals surface area contributed by atoms with Crippen LogP contribution >= 0.6 is 15.9 Å². The molecule has 0 bridgehead atoms. The standard InChI is InChI=1S/C11H12BrNOS/c12-10-4-6-11(7-5-10)15(14)9-3-1-2-8-13/h4-7H,1-3,9H2. The summed E-state index contributed by atoms with van der Waals surface area (Å²) in [5.74, 6) is 0.642. The van der Waals surface area contributed by atoms with Gasteiger partial charge in [-0.25, -0.2) is 0 Å². The molecule has 0 saturated heterocycles. The first-order chi connectivity index (χ1) is 7.24. The van der Waals surface area contributed by atoms with Crippen molar-refractivity contribution in [3.05, 3.63) is 28.7 Å². The molecule has 0 aromatic heterocycles. The topological polar surface area (TPSA) is 40.9 Å². The van der Waals surface area contributed by atoms with Crippen LogP contribution in [-0.4, -0.2) is 9.96 Å². The highest BCUT2D eigenvalue weighted by atomic mass is 79.9. The first kappa shape index (κ1) is 12.4. The van der Waals surface area contributed by atoms with Crippen molar-refractivity contribution in [1.82, 2.24) is 0 Å². The van der Waals surface area contributed by atoms with E-state index < -0.39 is 10.8 Å². The minimum absolute atomic E-state index is 0.553. The number of hydrogen-bond acceptors (Lipinski definition) is 2. The summed E-state index contributed by atoms with van der Waals surface area (Å²) in [6, 6.07) is 9.60. The quantitative estimate of drug-likeness (QED) is 0.780. The van der Waals surface area contributed by atoms with E-state index in [-0.39, 0.29) is 0 Å². The minimum atomic E-state index is -0.925. The number of halogens is 1. The molecule has 0 amide bonds. The lowest BCUT2D eigenvalue weighted by atomic mass is 10.3. The van der Waals surface area contributed by atoms with Crippen LogP contribution in [0.2, 0.25) is 0 Å². The second kappa shape index (κ2) is 6.76. The largest absolute Gasteiger partial charge is 0.254 e. The van der Waals surface area contributed by atoms with E-state index in [1.807, 2.05) is 24.3 Å². The lowest BCUT2D eigenvalue weighted by Gasteiger charge is -2.01. The Labute approximate surface area is 101 Å². The van der Waals surface area contributed by atoms with Gasteiger partial charge in [0.2, 0.25) is 0 Å². The molecule has 1 atom stereocenters. The smallest absolute Gasteiger partial charge is 0.0621 e. The maximum absolute atomic E-state index is 11.7. The van der Waals surface area contributed by atoms with E-state index in [0.717, 1.165) is 22.2 Å². The zero-order chi connectivity index (χ0) is 11.1. The van der Waals surface area contributed by atoms with Gasteiger partial charge in [0.15, 0.2) is 0 Å². The van der Waals surface area contributed by atoms with Crippen LogP contribution in [0.25, 0.3) is 0 Å². The molecule has 0 N–H and O–H groups in total. The van der Waals surface area contributed by atoms with Gasteiger partial charge in [-0.3, -0.25) is 4.21 Å². The van der Waals surface area contributed by atoms with Gasteiger partial charge in [0.1, 0.15) is 0 Å². The zero-order valence-corrected chi connectivity index (χ0v) is 10.7. The van der Waals surface area contributed by atoms with Gasteiger partial charge in [-0.05, 0) is 37.1 Å². The highest BCUT2D eigenvalue weighted by Gasteiger charge is 2.02. The summed E-state index contributed by atoms with van der Waals surface area (Å²) in [4.78, 5) is 0.857. The predicted molar refractivity (Wildman–Crippen MR) is 64.9 cm³/mol. The molecule has 1 aromatic carbocycles. The Kier molecular flexibility index (Phi) is 5.59. The summed E-state index contributed by atoms with van der Waals surface area (Å²) in [6.07, 6.45) is 2.23. The van der Waals surface area contributed by atoms with Crippen molar-refractivity contribution in [2.45, 2.75) is 24.2 Å². The van der Waals surface area contributed by atoms with Crippen molar-refractivity contribution >= 4 is 26.7 Å². The molecular formula is C11H12BrNOS. The third kappa shape index (κ3) is 4.59.